The van der Waals surface area contributed by atoms with Gasteiger partial charge < -0.3 is 10.0 Å². The van der Waals surface area contributed by atoms with Crippen molar-refractivity contribution in [1.82, 2.24) is 24.2 Å². The van der Waals surface area contributed by atoms with Gasteiger partial charge in [-0.15, -0.1) is 0 Å². The highest BCUT2D eigenvalue weighted by Crippen LogP contribution is 2.33. The zero-order valence-corrected chi connectivity index (χ0v) is 17.2. The Morgan fingerprint density at radius 1 is 1.13 bits per heavy atom. The van der Waals surface area contributed by atoms with Crippen LogP contribution in [0, 0.1) is 0 Å². The van der Waals surface area contributed by atoms with Crippen molar-refractivity contribution in [1.29, 1.82) is 0 Å². The summed E-state index contributed by atoms with van der Waals surface area (Å²) in [7, 11) is 1.82. The molecule has 5 rings (SSSR count). The Kier molecular flexibility index (Phi) is 4.78. The maximum Gasteiger partial charge on any atom is 0.275 e. The lowest BCUT2D eigenvalue weighted by Gasteiger charge is -2.26. The summed E-state index contributed by atoms with van der Waals surface area (Å²) in [5.74, 6) is 0.348. The number of hydrogen-bond acceptors (Lipinski definition) is 5. The minimum atomic E-state index is -0.350. The molecule has 2 aromatic carbocycles. The third kappa shape index (κ3) is 3.11. The molecule has 0 radical (unpaired) electrons. The van der Waals surface area contributed by atoms with Gasteiger partial charge in [0.1, 0.15) is 5.82 Å². The van der Waals surface area contributed by atoms with Crippen molar-refractivity contribution in [3.05, 3.63) is 70.4 Å². The first-order valence-electron chi connectivity index (χ1n) is 10.4. The summed E-state index contributed by atoms with van der Waals surface area (Å²) >= 11 is 0. The summed E-state index contributed by atoms with van der Waals surface area (Å²) in [6.45, 7) is 0.520. The highest BCUT2D eigenvalue weighted by Gasteiger charge is 2.35. The van der Waals surface area contributed by atoms with E-state index in [9.17, 15) is 14.7 Å². The molecule has 8 heteroatoms. The van der Waals surface area contributed by atoms with Crippen LogP contribution in [0.2, 0.25) is 0 Å². The van der Waals surface area contributed by atoms with Crippen LogP contribution in [0.1, 0.15) is 35.2 Å². The van der Waals surface area contributed by atoms with Crippen molar-refractivity contribution in [2.24, 2.45) is 7.05 Å². The zero-order valence-electron chi connectivity index (χ0n) is 17.2. The molecular weight excluding hydrogens is 394 g/mol. The fraction of sp³-hybridized carbons (Fsp3) is 0.304. The van der Waals surface area contributed by atoms with Crippen LogP contribution in [-0.4, -0.2) is 48.4 Å². The maximum atomic E-state index is 13.6. The summed E-state index contributed by atoms with van der Waals surface area (Å²) in [5.41, 5.74) is 1.70. The monoisotopic (exact) mass is 417 g/mol. The Balaban J connectivity index is 1.62. The van der Waals surface area contributed by atoms with Crippen molar-refractivity contribution in [2.75, 3.05) is 13.2 Å². The van der Waals surface area contributed by atoms with E-state index in [1.165, 1.54) is 4.57 Å². The molecule has 31 heavy (non-hydrogen) atoms. The Labute approximate surface area is 178 Å². The van der Waals surface area contributed by atoms with Gasteiger partial charge in [-0.2, -0.15) is 5.10 Å². The van der Waals surface area contributed by atoms with E-state index in [0.29, 0.717) is 35.4 Å². The van der Waals surface area contributed by atoms with Gasteiger partial charge in [-0.25, -0.2) is 4.98 Å². The first-order chi connectivity index (χ1) is 15.1. The highest BCUT2D eigenvalue weighted by molar-refractivity contribution is 6.05. The molecule has 1 N–H and O–H groups in total. The Morgan fingerprint density at radius 3 is 2.68 bits per heavy atom. The minimum absolute atomic E-state index is 0.136. The standard InChI is InChI=1S/C23H23N5O3/c1-26-18-10-5-3-8-16(18)20(25-26)23(31)27-12-6-11-19(27)21-24-17-9-4-2-7-15(17)22(30)28(21)13-14-29/h2-5,7-10,19,29H,6,11-14H2,1H3. The van der Waals surface area contributed by atoms with E-state index in [-0.39, 0.29) is 30.7 Å². The smallest absolute Gasteiger partial charge is 0.275 e. The number of rotatable bonds is 4. The Bertz CT molecular complexity index is 1360. The number of fused-ring (bicyclic) bond motifs is 2. The first-order valence-corrected chi connectivity index (χ1v) is 10.4. The second kappa shape index (κ2) is 7.63. The molecule has 1 atom stereocenters. The number of para-hydroxylation sites is 2. The van der Waals surface area contributed by atoms with E-state index in [0.717, 1.165) is 17.3 Å². The van der Waals surface area contributed by atoms with E-state index in [1.54, 1.807) is 27.8 Å². The number of likely N-dealkylation sites (tertiary alicyclic amines) is 1. The van der Waals surface area contributed by atoms with Crippen LogP contribution in [-0.2, 0) is 13.6 Å². The predicted molar refractivity (Wildman–Crippen MR) is 117 cm³/mol. The number of amides is 1. The number of aryl methyl sites for hydroxylation is 1. The molecule has 2 aromatic heterocycles. The number of hydrogen-bond donors (Lipinski definition) is 1. The number of nitrogens with zero attached hydrogens (tertiary/aromatic N) is 5. The van der Waals surface area contributed by atoms with E-state index in [2.05, 4.69) is 5.10 Å². The molecule has 158 valence electrons. The molecule has 0 saturated carbocycles. The molecule has 0 spiro atoms. The van der Waals surface area contributed by atoms with Gasteiger partial charge >= 0.3 is 0 Å². The van der Waals surface area contributed by atoms with Crippen LogP contribution in [0.3, 0.4) is 0 Å². The molecule has 0 aliphatic carbocycles. The molecule has 1 aliphatic rings. The third-order valence-corrected chi connectivity index (χ3v) is 5.99. The summed E-state index contributed by atoms with van der Waals surface area (Å²) in [5, 5.41) is 15.4. The van der Waals surface area contributed by atoms with Gasteiger partial charge in [0.15, 0.2) is 5.69 Å². The molecule has 8 nitrogen and oxygen atoms in total. The van der Waals surface area contributed by atoms with Crippen LogP contribution >= 0.6 is 0 Å². The van der Waals surface area contributed by atoms with E-state index < -0.39 is 0 Å². The molecule has 4 aromatic rings. The first kappa shape index (κ1) is 19.4. The lowest BCUT2D eigenvalue weighted by molar-refractivity contribution is 0.0721. The van der Waals surface area contributed by atoms with Crippen LogP contribution < -0.4 is 5.56 Å². The molecular formula is C23H23N5O3. The molecule has 0 bridgehead atoms. The Hall–Kier alpha value is -3.52. The quantitative estimate of drug-likeness (QED) is 0.550. The maximum absolute atomic E-state index is 13.6. The van der Waals surface area contributed by atoms with Crippen molar-refractivity contribution in [3.63, 3.8) is 0 Å². The summed E-state index contributed by atoms with van der Waals surface area (Å²) < 4.78 is 3.22. The van der Waals surface area contributed by atoms with Gasteiger partial charge in [-0.1, -0.05) is 30.3 Å². The van der Waals surface area contributed by atoms with E-state index in [1.807, 2.05) is 37.4 Å². The summed E-state index contributed by atoms with van der Waals surface area (Å²) in [6.07, 6.45) is 1.51. The number of benzene rings is 2. The van der Waals surface area contributed by atoms with Gasteiger partial charge in [0.2, 0.25) is 0 Å². The number of aromatic nitrogens is 4. The van der Waals surface area contributed by atoms with Gasteiger partial charge in [0.05, 0.1) is 35.6 Å². The second-order valence-corrected chi connectivity index (χ2v) is 7.81. The zero-order chi connectivity index (χ0) is 21.5. The Morgan fingerprint density at radius 2 is 1.87 bits per heavy atom. The van der Waals surface area contributed by atoms with Crippen molar-refractivity contribution in [3.8, 4) is 0 Å². The fourth-order valence-corrected chi connectivity index (χ4v) is 4.54. The highest BCUT2D eigenvalue weighted by atomic mass is 16.3. The average Bonchev–Trinajstić information content (AvgIpc) is 3.41. The molecule has 1 unspecified atom stereocenters. The van der Waals surface area contributed by atoms with Crippen molar-refractivity contribution in [2.45, 2.75) is 25.4 Å². The molecule has 1 amide bonds. The minimum Gasteiger partial charge on any atom is -0.395 e. The summed E-state index contributed by atoms with van der Waals surface area (Å²) in [4.78, 5) is 33.2. The van der Waals surface area contributed by atoms with Crippen LogP contribution in [0.15, 0.2) is 53.3 Å². The van der Waals surface area contributed by atoms with Gasteiger partial charge in [-0.3, -0.25) is 18.8 Å². The van der Waals surface area contributed by atoms with Gasteiger partial charge in [-0.05, 0) is 31.0 Å². The lowest BCUT2D eigenvalue weighted by atomic mass is 10.1. The SMILES string of the molecule is Cn1nc(C(=O)N2CCCC2c2nc3ccccc3c(=O)n2CCO)c2ccccc21. The topological polar surface area (TPSA) is 93.3 Å². The van der Waals surface area contributed by atoms with E-state index in [4.69, 9.17) is 4.98 Å². The molecule has 1 fully saturated rings. The van der Waals surface area contributed by atoms with Gasteiger partial charge in [0.25, 0.3) is 11.5 Å². The molecule has 1 saturated heterocycles. The third-order valence-electron chi connectivity index (χ3n) is 5.99. The number of carbonyl (C=O) groups excluding carboxylic acids is 1. The van der Waals surface area contributed by atoms with Crippen molar-refractivity contribution < 1.29 is 9.90 Å². The second-order valence-electron chi connectivity index (χ2n) is 7.81. The summed E-state index contributed by atoms with van der Waals surface area (Å²) in [6, 6.07) is 14.5. The average molecular weight is 417 g/mol. The number of aliphatic hydroxyl groups excluding tert-OH is 1. The largest absolute Gasteiger partial charge is 0.395 e. The number of aliphatic hydroxyl groups is 1. The van der Waals surface area contributed by atoms with Crippen LogP contribution in [0.25, 0.3) is 21.8 Å². The van der Waals surface area contributed by atoms with Crippen molar-refractivity contribution >= 4 is 27.7 Å². The van der Waals surface area contributed by atoms with Gasteiger partial charge in [0, 0.05) is 19.0 Å². The normalized spacial score (nSPS) is 16.5. The van der Waals surface area contributed by atoms with E-state index >= 15 is 0 Å². The number of carbonyl (C=O) groups is 1. The lowest BCUT2D eigenvalue weighted by Crippen LogP contribution is -2.36. The molecule has 1 aliphatic heterocycles. The molecule has 3 heterocycles. The van der Waals surface area contributed by atoms with Crippen LogP contribution in [0.5, 0.6) is 0 Å². The van der Waals surface area contributed by atoms with Crippen LogP contribution in [0.4, 0.5) is 0 Å². The fourth-order valence-electron chi connectivity index (χ4n) is 4.54. The predicted octanol–water partition coefficient (Wildman–Crippen LogP) is 2.25.